The van der Waals surface area contributed by atoms with Crippen molar-refractivity contribution in [1.82, 2.24) is 0 Å². The van der Waals surface area contributed by atoms with E-state index in [4.69, 9.17) is 26.3 Å². The fourth-order valence-corrected chi connectivity index (χ4v) is 2.33. The Balaban J connectivity index is 1.96. The lowest BCUT2D eigenvalue weighted by molar-refractivity contribution is 0.354. The number of hydrogen-bond acceptors (Lipinski definition) is 4. The van der Waals surface area contributed by atoms with Gasteiger partial charge in [0.25, 0.3) is 0 Å². The summed E-state index contributed by atoms with van der Waals surface area (Å²) in [5.74, 6) is 1.44. The van der Waals surface area contributed by atoms with E-state index in [2.05, 4.69) is 5.32 Å². The van der Waals surface area contributed by atoms with Gasteiger partial charge in [0.2, 0.25) is 0 Å². The first-order chi connectivity index (χ1) is 10.7. The van der Waals surface area contributed by atoms with Gasteiger partial charge in [0.05, 0.1) is 24.8 Å². The molecule has 0 aromatic heterocycles. The molecule has 0 heterocycles. The highest BCUT2D eigenvalue weighted by Gasteiger charge is 2.05. The van der Waals surface area contributed by atoms with Crippen LogP contribution in [0.4, 0.5) is 5.69 Å². The maximum Gasteiger partial charge on any atom is 0.160 e. The molecule has 2 aromatic rings. The normalized spacial score (nSPS) is 9.91. The second-order valence-corrected chi connectivity index (χ2v) is 5.08. The van der Waals surface area contributed by atoms with E-state index >= 15 is 0 Å². The van der Waals surface area contributed by atoms with Crippen LogP contribution in [0.25, 0.3) is 0 Å². The molecule has 0 saturated carbocycles. The van der Waals surface area contributed by atoms with Crippen molar-refractivity contribution in [3.63, 3.8) is 0 Å². The Labute approximate surface area is 135 Å². The van der Waals surface area contributed by atoms with E-state index in [-0.39, 0.29) is 0 Å². The average molecular weight is 317 g/mol. The number of anilines is 1. The van der Waals surface area contributed by atoms with E-state index in [0.29, 0.717) is 10.6 Å². The molecule has 0 aliphatic rings. The van der Waals surface area contributed by atoms with Gasteiger partial charge in [-0.3, -0.25) is 0 Å². The molecule has 0 aliphatic carbocycles. The number of benzene rings is 2. The van der Waals surface area contributed by atoms with Crippen molar-refractivity contribution in [3.8, 4) is 17.6 Å². The molecule has 0 unspecified atom stereocenters. The standard InChI is InChI=1S/C17H17ClN2O2/c1-21-16-6-3-12(9-17(16)22-2)7-8-20-14-5-4-13(11-19)15(18)10-14/h3-6,9-10,20H,7-8H2,1-2H3. The van der Waals surface area contributed by atoms with Crippen LogP contribution in [-0.4, -0.2) is 20.8 Å². The summed E-state index contributed by atoms with van der Waals surface area (Å²) in [4.78, 5) is 0. The molecule has 0 amide bonds. The highest BCUT2D eigenvalue weighted by molar-refractivity contribution is 6.32. The van der Waals surface area contributed by atoms with E-state index in [9.17, 15) is 0 Å². The number of rotatable bonds is 6. The Morgan fingerprint density at radius 2 is 1.86 bits per heavy atom. The number of nitrogens with zero attached hydrogens (tertiary/aromatic N) is 1. The van der Waals surface area contributed by atoms with Gasteiger partial charge in [0.1, 0.15) is 6.07 Å². The van der Waals surface area contributed by atoms with Crippen molar-refractivity contribution in [2.75, 3.05) is 26.1 Å². The summed E-state index contributed by atoms with van der Waals surface area (Å²) in [6.45, 7) is 0.748. The molecule has 0 saturated heterocycles. The van der Waals surface area contributed by atoms with Gasteiger partial charge in [-0.1, -0.05) is 17.7 Å². The second-order valence-electron chi connectivity index (χ2n) is 4.67. The molecule has 2 rings (SSSR count). The van der Waals surface area contributed by atoms with Gasteiger partial charge in [0.15, 0.2) is 11.5 Å². The zero-order valence-corrected chi connectivity index (χ0v) is 13.3. The third kappa shape index (κ3) is 3.84. The monoisotopic (exact) mass is 316 g/mol. The maximum absolute atomic E-state index is 8.85. The fourth-order valence-electron chi connectivity index (χ4n) is 2.10. The van der Waals surface area contributed by atoms with Crippen molar-refractivity contribution in [2.45, 2.75) is 6.42 Å². The molecule has 2 aromatic carbocycles. The molecular weight excluding hydrogens is 300 g/mol. The minimum Gasteiger partial charge on any atom is -0.493 e. The summed E-state index contributed by atoms with van der Waals surface area (Å²) in [6, 6.07) is 13.2. The van der Waals surface area contributed by atoms with Crippen LogP contribution >= 0.6 is 11.6 Å². The summed E-state index contributed by atoms with van der Waals surface area (Å²) < 4.78 is 10.5. The van der Waals surface area contributed by atoms with E-state index in [1.165, 1.54) is 0 Å². The van der Waals surface area contributed by atoms with E-state index in [1.54, 1.807) is 26.4 Å². The number of nitriles is 1. The molecule has 0 atom stereocenters. The summed E-state index contributed by atoms with van der Waals surface area (Å²) in [7, 11) is 3.24. The number of ether oxygens (including phenoxy) is 2. The largest absolute Gasteiger partial charge is 0.493 e. The van der Waals surface area contributed by atoms with Crippen LogP contribution in [0.1, 0.15) is 11.1 Å². The van der Waals surface area contributed by atoms with Crippen molar-refractivity contribution in [2.24, 2.45) is 0 Å². The first-order valence-electron chi connectivity index (χ1n) is 6.82. The van der Waals surface area contributed by atoms with Crippen LogP contribution in [-0.2, 0) is 6.42 Å². The fraction of sp³-hybridized carbons (Fsp3) is 0.235. The summed E-state index contributed by atoms with van der Waals surface area (Å²) in [5.41, 5.74) is 2.52. The van der Waals surface area contributed by atoms with Gasteiger partial charge in [-0.25, -0.2) is 0 Å². The Hall–Kier alpha value is -2.38. The zero-order valence-electron chi connectivity index (χ0n) is 12.5. The minimum atomic E-state index is 0.457. The minimum absolute atomic E-state index is 0.457. The third-order valence-corrected chi connectivity index (χ3v) is 3.59. The number of halogens is 1. The number of nitrogens with one attached hydrogen (secondary N) is 1. The molecule has 114 valence electrons. The lowest BCUT2D eigenvalue weighted by Gasteiger charge is -2.11. The summed E-state index contributed by atoms with van der Waals surface area (Å²) in [6.07, 6.45) is 0.831. The Bertz CT molecular complexity index is 696. The smallest absolute Gasteiger partial charge is 0.160 e. The van der Waals surface area contributed by atoms with Crippen LogP contribution in [0.3, 0.4) is 0 Å². The van der Waals surface area contributed by atoms with E-state index < -0.39 is 0 Å². The van der Waals surface area contributed by atoms with Gasteiger partial charge in [-0.2, -0.15) is 5.26 Å². The quantitative estimate of drug-likeness (QED) is 0.878. The van der Waals surface area contributed by atoms with Crippen molar-refractivity contribution in [1.29, 1.82) is 5.26 Å². The molecule has 0 bridgehead atoms. The molecule has 5 heteroatoms. The lowest BCUT2D eigenvalue weighted by Crippen LogP contribution is -2.05. The van der Waals surface area contributed by atoms with Gasteiger partial charge >= 0.3 is 0 Å². The predicted molar refractivity (Wildman–Crippen MR) is 87.9 cm³/mol. The molecule has 22 heavy (non-hydrogen) atoms. The van der Waals surface area contributed by atoms with Crippen LogP contribution in [0.5, 0.6) is 11.5 Å². The first-order valence-corrected chi connectivity index (χ1v) is 7.20. The van der Waals surface area contributed by atoms with Crippen molar-refractivity contribution >= 4 is 17.3 Å². The average Bonchev–Trinajstić information content (AvgIpc) is 2.55. The van der Waals surface area contributed by atoms with Crippen LogP contribution < -0.4 is 14.8 Å². The molecule has 0 radical (unpaired) electrons. The van der Waals surface area contributed by atoms with E-state index in [0.717, 1.165) is 35.7 Å². The lowest BCUT2D eigenvalue weighted by atomic mass is 10.1. The Morgan fingerprint density at radius 1 is 1.09 bits per heavy atom. The third-order valence-electron chi connectivity index (χ3n) is 3.28. The van der Waals surface area contributed by atoms with Gasteiger partial charge in [0, 0.05) is 12.2 Å². The molecule has 1 N–H and O–H groups in total. The summed E-state index contributed by atoms with van der Waals surface area (Å²) >= 11 is 6.01. The molecule has 4 nitrogen and oxygen atoms in total. The van der Waals surface area contributed by atoms with Gasteiger partial charge in [-0.15, -0.1) is 0 Å². The van der Waals surface area contributed by atoms with Crippen molar-refractivity contribution < 1.29 is 9.47 Å². The molecule has 0 aliphatic heterocycles. The highest BCUT2D eigenvalue weighted by atomic mass is 35.5. The molecule has 0 fully saturated rings. The zero-order chi connectivity index (χ0) is 15.9. The molecular formula is C17H17ClN2O2. The molecule has 0 spiro atoms. The Kier molecular flexibility index (Phi) is 5.51. The SMILES string of the molecule is COc1ccc(CCNc2ccc(C#N)c(Cl)c2)cc1OC. The van der Waals surface area contributed by atoms with Crippen molar-refractivity contribution in [3.05, 3.63) is 52.5 Å². The van der Waals surface area contributed by atoms with Crippen LogP contribution in [0.15, 0.2) is 36.4 Å². The number of hydrogen-bond donors (Lipinski definition) is 1. The van der Waals surface area contributed by atoms with Gasteiger partial charge in [-0.05, 0) is 42.3 Å². The maximum atomic E-state index is 8.85. The second kappa shape index (κ2) is 7.58. The van der Waals surface area contributed by atoms with Crippen LogP contribution in [0.2, 0.25) is 5.02 Å². The number of methoxy groups -OCH3 is 2. The highest BCUT2D eigenvalue weighted by Crippen LogP contribution is 2.27. The van der Waals surface area contributed by atoms with Gasteiger partial charge < -0.3 is 14.8 Å². The predicted octanol–water partition coefficient (Wildman–Crippen LogP) is 3.88. The topological polar surface area (TPSA) is 54.3 Å². The van der Waals surface area contributed by atoms with E-state index in [1.807, 2.05) is 30.3 Å². The van der Waals surface area contributed by atoms with Crippen LogP contribution in [0, 0.1) is 11.3 Å². The summed E-state index contributed by atoms with van der Waals surface area (Å²) in [5, 5.41) is 12.6. The first kappa shape index (κ1) is 16.0. The Morgan fingerprint density at radius 3 is 2.50 bits per heavy atom.